The van der Waals surface area contributed by atoms with Crippen LogP contribution in [0.3, 0.4) is 0 Å². The van der Waals surface area contributed by atoms with Gasteiger partial charge < -0.3 is 23.7 Å². The van der Waals surface area contributed by atoms with E-state index in [1.165, 1.54) is 24.8 Å². The van der Waals surface area contributed by atoms with Crippen LogP contribution in [-0.4, -0.2) is 36.3 Å². The van der Waals surface area contributed by atoms with Crippen LogP contribution in [-0.2, 0) is 15.9 Å². The number of furan rings is 1. The summed E-state index contributed by atoms with van der Waals surface area (Å²) < 4.78 is 24.2. The van der Waals surface area contributed by atoms with Crippen molar-refractivity contribution in [2.24, 2.45) is 0 Å². The highest BCUT2D eigenvalue weighted by Crippen LogP contribution is 2.33. The van der Waals surface area contributed by atoms with E-state index in [2.05, 4.69) is 37.3 Å². The Balaban J connectivity index is 1.40. The van der Waals surface area contributed by atoms with Crippen LogP contribution in [0.25, 0.3) is 22.3 Å². The van der Waals surface area contributed by atoms with Crippen LogP contribution >= 0.6 is 0 Å². The molecule has 4 rings (SSSR count). The van der Waals surface area contributed by atoms with Gasteiger partial charge in [-0.25, -0.2) is 0 Å². The summed E-state index contributed by atoms with van der Waals surface area (Å²) in [5, 5.41) is 10.2. The highest BCUT2D eigenvalue weighted by atomic mass is 16.8. The highest BCUT2D eigenvalue weighted by molar-refractivity contribution is 5.84. The molecule has 3 aromatic rings. The average molecular weight is 453 g/mol. The summed E-state index contributed by atoms with van der Waals surface area (Å²) in [5.74, 6) is 0.962. The third kappa shape index (κ3) is 6.17. The first kappa shape index (κ1) is 23.8. The molecular weight excluding hydrogens is 416 g/mol. The van der Waals surface area contributed by atoms with E-state index in [-0.39, 0.29) is 18.8 Å². The molecule has 1 N–H and O–H groups in total. The molecule has 178 valence electrons. The van der Waals surface area contributed by atoms with Crippen molar-refractivity contribution in [1.29, 1.82) is 0 Å². The Hall–Kier alpha value is -2.34. The van der Waals surface area contributed by atoms with E-state index >= 15 is 0 Å². The van der Waals surface area contributed by atoms with Gasteiger partial charge in [-0.05, 0) is 63.3 Å². The minimum atomic E-state index is -0.639. The largest absolute Gasteiger partial charge is 0.491 e. The van der Waals surface area contributed by atoms with Crippen molar-refractivity contribution in [2.75, 3.05) is 13.2 Å². The van der Waals surface area contributed by atoms with Gasteiger partial charge in [-0.15, -0.1) is 0 Å². The summed E-state index contributed by atoms with van der Waals surface area (Å²) in [4.78, 5) is 0. The summed E-state index contributed by atoms with van der Waals surface area (Å²) in [7, 11) is 0. The second kappa shape index (κ2) is 10.7. The van der Waals surface area contributed by atoms with E-state index in [1.807, 2.05) is 32.0 Å². The third-order valence-corrected chi connectivity index (χ3v) is 6.15. The number of aliphatic hydroxyl groups excluding tert-OH is 1. The predicted octanol–water partition coefficient (Wildman–Crippen LogP) is 6.50. The van der Waals surface area contributed by atoms with Crippen LogP contribution in [0.15, 0.2) is 52.9 Å². The summed E-state index contributed by atoms with van der Waals surface area (Å²) in [6.45, 7) is 6.58. The number of hydrogen-bond donors (Lipinski definition) is 1. The minimum Gasteiger partial charge on any atom is -0.491 e. The first-order valence-corrected chi connectivity index (χ1v) is 12.2. The summed E-state index contributed by atoms with van der Waals surface area (Å²) in [5.41, 5.74) is 3.26. The van der Waals surface area contributed by atoms with Gasteiger partial charge in [0, 0.05) is 23.6 Å². The molecule has 0 radical (unpaired) electrons. The number of benzene rings is 2. The normalized spacial score (nSPS) is 19.9. The van der Waals surface area contributed by atoms with Crippen molar-refractivity contribution < 1.29 is 23.7 Å². The Morgan fingerprint density at radius 3 is 2.48 bits per heavy atom. The molecule has 0 saturated carbocycles. The Morgan fingerprint density at radius 1 is 0.939 bits per heavy atom. The fraction of sp³-hybridized carbons (Fsp3) is 0.500. The molecule has 1 aliphatic heterocycles. The van der Waals surface area contributed by atoms with Gasteiger partial charge >= 0.3 is 0 Å². The number of rotatable bonds is 11. The maximum absolute atomic E-state index is 9.15. The molecule has 5 nitrogen and oxygen atoms in total. The molecule has 1 aliphatic rings. The van der Waals surface area contributed by atoms with Gasteiger partial charge in [0.1, 0.15) is 29.8 Å². The molecule has 2 heterocycles. The maximum Gasteiger partial charge on any atom is 0.163 e. The van der Waals surface area contributed by atoms with E-state index in [1.54, 1.807) is 0 Å². The SMILES string of the molecule is CCCCCc1ccc(-c2cc3ccc(OCC4OC(C)(C)OC4CCCO)cc3o2)cc1. The average Bonchev–Trinajstić information content (AvgIpc) is 3.36. The molecule has 0 bridgehead atoms. The topological polar surface area (TPSA) is 61.1 Å². The number of aryl methyl sites for hydroxylation is 1. The number of fused-ring (bicyclic) bond motifs is 1. The lowest BCUT2D eigenvalue weighted by Gasteiger charge is -2.17. The molecule has 2 unspecified atom stereocenters. The maximum atomic E-state index is 9.15. The summed E-state index contributed by atoms with van der Waals surface area (Å²) in [6, 6.07) is 16.7. The van der Waals surface area contributed by atoms with E-state index in [0.29, 0.717) is 13.0 Å². The molecule has 2 aromatic carbocycles. The van der Waals surface area contributed by atoms with Gasteiger partial charge in [0.15, 0.2) is 5.79 Å². The standard InChI is InChI=1S/C28H36O5/c1-4-5-6-8-20-10-12-21(13-11-20)25-17-22-14-15-23(18-26(22)31-25)30-19-27-24(9-7-16-29)32-28(2,3)33-27/h10-15,17-18,24,27,29H,4-9,16,19H2,1-3H3. The van der Waals surface area contributed by atoms with Crippen LogP contribution in [0.1, 0.15) is 58.4 Å². The molecule has 0 amide bonds. The van der Waals surface area contributed by atoms with Gasteiger partial charge in [-0.1, -0.05) is 44.0 Å². The quantitative estimate of drug-likeness (QED) is 0.336. The number of unbranched alkanes of at least 4 members (excludes halogenated alkanes) is 2. The lowest BCUT2D eigenvalue weighted by atomic mass is 10.0. The van der Waals surface area contributed by atoms with Crippen molar-refractivity contribution in [3.63, 3.8) is 0 Å². The van der Waals surface area contributed by atoms with Crippen molar-refractivity contribution in [3.05, 3.63) is 54.1 Å². The molecule has 1 saturated heterocycles. The van der Waals surface area contributed by atoms with E-state index in [9.17, 15) is 0 Å². The van der Waals surface area contributed by atoms with Gasteiger partial charge in [-0.2, -0.15) is 0 Å². The second-order valence-corrected chi connectivity index (χ2v) is 9.35. The zero-order valence-corrected chi connectivity index (χ0v) is 20.0. The molecule has 5 heteroatoms. The second-order valence-electron chi connectivity index (χ2n) is 9.35. The lowest BCUT2D eigenvalue weighted by molar-refractivity contribution is -0.149. The summed E-state index contributed by atoms with van der Waals surface area (Å²) in [6.07, 6.45) is 6.04. The van der Waals surface area contributed by atoms with Gasteiger partial charge in [0.05, 0.1) is 6.10 Å². The minimum absolute atomic E-state index is 0.0870. The number of hydrogen-bond acceptors (Lipinski definition) is 5. The van der Waals surface area contributed by atoms with Gasteiger partial charge in [-0.3, -0.25) is 0 Å². The van der Waals surface area contributed by atoms with Gasteiger partial charge in [0.25, 0.3) is 0 Å². The van der Waals surface area contributed by atoms with Crippen LogP contribution in [0.5, 0.6) is 5.75 Å². The monoisotopic (exact) mass is 452 g/mol. The zero-order chi connectivity index (χ0) is 23.3. The molecule has 1 fully saturated rings. The first-order valence-electron chi connectivity index (χ1n) is 12.2. The van der Waals surface area contributed by atoms with Crippen molar-refractivity contribution in [2.45, 2.75) is 77.3 Å². The molecular formula is C28H36O5. The molecule has 2 atom stereocenters. The Kier molecular flexibility index (Phi) is 7.74. The Morgan fingerprint density at radius 2 is 1.73 bits per heavy atom. The molecule has 0 aliphatic carbocycles. The number of aliphatic hydroxyl groups is 1. The van der Waals surface area contributed by atoms with Crippen molar-refractivity contribution >= 4 is 11.0 Å². The van der Waals surface area contributed by atoms with Crippen LogP contribution < -0.4 is 4.74 Å². The molecule has 1 aromatic heterocycles. The highest BCUT2D eigenvalue weighted by Gasteiger charge is 2.41. The van der Waals surface area contributed by atoms with Crippen molar-refractivity contribution in [3.8, 4) is 17.1 Å². The number of ether oxygens (including phenoxy) is 3. The lowest BCUT2D eigenvalue weighted by Crippen LogP contribution is -2.29. The van der Waals surface area contributed by atoms with E-state index in [4.69, 9.17) is 23.7 Å². The zero-order valence-electron chi connectivity index (χ0n) is 20.0. The van der Waals surface area contributed by atoms with Crippen LogP contribution in [0, 0.1) is 0 Å². The first-order chi connectivity index (χ1) is 16.0. The molecule has 33 heavy (non-hydrogen) atoms. The van der Waals surface area contributed by atoms with Crippen molar-refractivity contribution in [1.82, 2.24) is 0 Å². The smallest absolute Gasteiger partial charge is 0.163 e. The third-order valence-electron chi connectivity index (χ3n) is 6.15. The Labute approximate surface area is 196 Å². The van der Waals surface area contributed by atoms with E-state index < -0.39 is 5.79 Å². The molecule has 0 spiro atoms. The fourth-order valence-corrected chi connectivity index (χ4v) is 4.42. The summed E-state index contributed by atoms with van der Waals surface area (Å²) >= 11 is 0. The van der Waals surface area contributed by atoms with Crippen LogP contribution in [0.2, 0.25) is 0 Å². The predicted molar refractivity (Wildman–Crippen MR) is 131 cm³/mol. The van der Waals surface area contributed by atoms with Crippen LogP contribution in [0.4, 0.5) is 0 Å². The Bertz CT molecular complexity index is 1020. The van der Waals surface area contributed by atoms with E-state index in [0.717, 1.165) is 40.9 Å². The van der Waals surface area contributed by atoms with Gasteiger partial charge in [0.2, 0.25) is 0 Å². The fourth-order valence-electron chi connectivity index (χ4n) is 4.42.